The van der Waals surface area contributed by atoms with Gasteiger partial charge in [0.15, 0.2) is 17.1 Å². The summed E-state index contributed by atoms with van der Waals surface area (Å²) in [5.74, 6) is 1.06. The van der Waals surface area contributed by atoms with Crippen molar-refractivity contribution in [3.8, 4) is 45.7 Å². The minimum Gasteiger partial charge on any atom is -0.493 e. The Morgan fingerprint density at radius 2 is 1.64 bits per heavy atom. The highest BCUT2D eigenvalue weighted by molar-refractivity contribution is 5.87. The second kappa shape index (κ2) is 10.7. The number of halogens is 1. The molecule has 0 aliphatic heterocycles. The SMILES string of the molecule is CCN(CC)Cc1cnc2c(C#N)c(-c3ccc(OC)c(OC)c3OC)cc(-c3ccc(F)cc3)n12. The van der Waals surface area contributed by atoms with Crippen molar-refractivity contribution in [2.24, 2.45) is 0 Å². The number of nitrogens with zero attached hydrogens (tertiary/aromatic N) is 4. The Bertz CT molecular complexity index is 1420. The fourth-order valence-corrected chi connectivity index (χ4v) is 4.48. The lowest BCUT2D eigenvalue weighted by atomic mass is 9.97. The first-order valence-corrected chi connectivity index (χ1v) is 11.7. The Kier molecular flexibility index (Phi) is 7.41. The van der Waals surface area contributed by atoms with Gasteiger partial charge >= 0.3 is 0 Å². The number of ether oxygens (including phenoxy) is 3. The van der Waals surface area contributed by atoms with Crippen LogP contribution in [-0.4, -0.2) is 48.7 Å². The maximum absolute atomic E-state index is 13.8. The summed E-state index contributed by atoms with van der Waals surface area (Å²) in [7, 11) is 4.64. The molecule has 36 heavy (non-hydrogen) atoms. The van der Waals surface area contributed by atoms with E-state index in [-0.39, 0.29) is 5.82 Å². The molecule has 0 bridgehead atoms. The molecule has 0 fully saturated rings. The van der Waals surface area contributed by atoms with Crippen molar-refractivity contribution >= 4 is 5.65 Å². The molecule has 0 N–H and O–H groups in total. The van der Waals surface area contributed by atoms with Crippen molar-refractivity contribution in [1.82, 2.24) is 14.3 Å². The van der Waals surface area contributed by atoms with Gasteiger partial charge in [0, 0.05) is 17.7 Å². The molecule has 0 saturated carbocycles. The number of imidazole rings is 1. The molecule has 0 atom stereocenters. The van der Waals surface area contributed by atoms with Crippen LogP contribution in [0.4, 0.5) is 4.39 Å². The summed E-state index contributed by atoms with van der Waals surface area (Å²) < 4.78 is 32.5. The Morgan fingerprint density at radius 1 is 0.944 bits per heavy atom. The van der Waals surface area contributed by atoms with Crippen LogP contribution >= 0.6 is 0 Å². The van der Waals surface area contributed by atoms with Crippen LogP contribution in [0.1, 0.15) is 25.1 Å². The van der Waals surface area contributed by atoms with Crippen molar-refractivity contribution in [2.45, 2.75) is 20.4 Å². The fraction of sp³-hybridized carbons (Fsp3) is 0.286. The molecule has 0 unspecified atom stereocenters. The molecule has 8 heteroatoms. The molecule has 7 nitrogen and oxygen atoms in total. The number of pyridine rings is 1. The Labute approximate surface area is 210 Å². The zero-order chi connectivity index (χ0) is 25.8. The average Bonchev–Trinajstić information content (AvgIpc) is 3.33. The molecule has 0 saturated heterocycles. The number of rotatable bonds is 9. The molecule has 0 aliphatic rings. The van der Waals surface area contributed by atoms with Crippen molar-refractivity contribution in [3.63, 3.8) is 0 Å². The lowest BCUT2D eigenvalue weighted by Crippen LogP contribution is -2.23. The predicted octanol–water partition coefficient (Wildman–Crippen LogP) is 5.55. The van der Waals surface area contributed by atoms with Crippen LogP contribution in [-0.2, 0) is 6.54 Å². The van der Waals surface area contributed by atoms with Gasteiger partial charge in [-0.2, -0.15) is 5.26 Å². The highest BCUT2D eigenvalue weighted by Crippen LogP contribution is 2.46. The first kappa shape index (κ1) is 25.0. The second-order valence-electron chi connectivity index (χ2n) is 8.19. The fourth-order valence-electron chi connectivity index (χ4n) is 4.48. The molecule has 2 aromatic heterocycles. The first-order chi connectivity index (χ1) is 17.5. The molecular formula is C28H29FN4O3. The summed E-state index contributed by atoms with van der Waals surface area (Å²) in [5, 5.41) is 10.3. The number of methoxy groups -OCH3 is 3. The third kappa shape index (κ3) is 4.34. The number of hydrogen-bond donors (Lipinski definition) is 0. The van der Waals surface area contributed by atoms with E-state index in [1.807, 2.05) is 16.5 Å². The zero-order valence-electron chi connectivity index (χ0n) is 21.1. The van der Waals surface area contributed by atoms with Gasteiger partial charge in [-0.3, -0.25) is 9.30 Å². The second-order valence-corrected chi connectivity index (χ2v) is 8.19. The number of fused-ring (bicyclic) bond motifs is 1. The van der Waals surface area contributed by atoms with Crippen LogP contribution in [0, 0.1) is 17.1 Å². The van der Waals surface area contributed by atoms with E-state index in [0.29, 0.717) is 46.1 Å². The van der Waals surface area contributed by atoms with Crippen LogP contribution in [0.3, 0.4) is 0 Å². The summed E-state index contributed by atoms with van der Waals surface area (Å²) in [6.45, 7) is 6.63. The molecule has 186 valence electrons. The third-order valence-corrected chi connectivity index (χ3v) is 6.38. The minimum absolute atomic E-state index is 0.320. The van der Waals surface area contributed by atoms with E-state index < -0.39 is 0 Å². The lowest BCUT2D eigenvalue weighted by Gasteiger charge is -2.20. The average molecular weight is 489 g/mol. The zero-order valence-corrected chi connectivity index (χ0v) is 21.1. The molecule has 4 rings (SSSR count). The topological polar surface area (TPSA) is 72.0 Å². The van der Waals surface area contributed by atoms with Crippen LogP contribution in [0.15, 0.2) is 48.7 Å². The van der Waals surface area contributed by atoms with Crippen LogP contribution in [0.25, 0.3) is 28.0 Å². The summed E-state index contributed by atoms with van der Waals surface area (Å²) >= 11 is 0. The number of hydrogen-bond acceptors (Lipinski definition) is 6. The van der Waals surface area contributed by atoms with Gasteiger partial charge in [-0.15, -0.1) is 0 Å². The van der Waals surface area contributed by atoms with Crippen LogP contribution in [0.2, 0.25) is 0 Å². The van der Waals surface area contributed by atoms with Gasteiger partial charge in [-0.25, -0.2) is 9.37 Å². The van der Waals surface area contributed by atoms with E-state index in [1.54, 1.807) is 38.6 Å². The van der Waals surface area contributed by atoms with E-state index in [1.165, 1.54) is 19.2 Å². The highest BCUT2D eigenvalue weighted by Gasteiger charge is 2.24. The van der Waals surface area contributed by atoms with Gasteiger partial charge in [-0.05, 0) is 61.1 Å². The Hall–Kier alpha value is -4.09. The molecule has 0 radical (unpaired) electrons. The minimum atomic E-state index is -0.320. The van der Waals surface area contributed by atoms with Gasteiger partial charge in [-0.1, -0.05) is 13.8 Å². The summed E-state index contributed by atoms with van der Waals surface area (Å²) in [6.07, 6.45) is 1.80. The summed E-state index contributed by atoms with van der Waals surface area (Å²) in [6, 6.07) is 14.2. The molecule has 0 amide bonds. The largest absolute Gasteiger partial charge is 0.493 e. The summed E-state index contributed by atoms with van der Waals surface area (Å²) in [4.78, 5) is 6.95. The predicted molar refractivity (Wildman–Crippen MR) is 137 cm³/mol. The third-order valence-electron chi connectivity index (χ3n) is 6.38. The molecule has 4 aromatic rings. The monoisotopic (exact) mass is 488 g/mol. The normalized spacial score (nSPS) is 11.1. The van der Waals surface area contributed by atoms with E-state index >= 15 is 0 Å². The Morgan fingerprint density at radius 3 is 2.22 bits per heavy atom. The number of aromatic nitrogens is 2. The van der Waals surface area contributed by atoms with Crippen molar-refractivity contribution in [2.75, 3.05) is 34.4 Å². The summed E-state index contributed by atoms with van der Waals surface area (Å²) in [5.41, 5.74) is 4.73. The number of nitriles is 1. The Balaban J connectivity index is 2.08. The van der Waals surface area contributed by atoms with Gasteiger partial charge < -0.3 is 14.2 Å². The smallest absolute Gasteiger partial charge is 0.203 e. The molecule has 2 aromatic carbocycles. The number of benzene rings is 2. The molecular weight excluding hydrogens is 459 g/mol. The van der Waals surface area contributed by atoms with Gasteiger partial charge in [0.1, 0.15) is 17.4 Å². The van der Waals surface area contributed by atoms with E-state index in [0.717, 1.165) is 30.0 Å². The van der Waals surface area contributed by atoms with E-state index in [9.17, 15) is 9.65 Å². The molecule has 0 spiro atoms. The maximum atomic E-state index is 13.8. The van der Waals surface area contributed by atoms with Crippen LogP contribution in [0.5, 0.6) is 17.2 Å². The van der Waals surface area contributed by atoms with E-state index in [2.05, 4.69) is 29.8 Å². The van der Waals surface area contributed by atoms with Crippen molar-refractivity contribution in [1.29, 1.82) is 5.26 Å². The van der Waals surface area contributed by atoms with Crippen molar-refractivity contribution < 1.29 is 18.6 Å². The lowest BCUT2D eigenvalue weighted by molar-refractivity contribution is 0.291. The maximum Gasteiger partial charge on any atom is 0.203 e. The van der Waals surface area contributed by atoms with Crippen LogP contribution < -0.4 is 14.2 Å². The van der Waals surface area contributed by atoms with Gasteiger partial charge in [0.2, 0.25) is 5.75 Å². The molecule has 2 heterocycles. The molecule has 0 aliphatic carbocycles. The van der Waals surface area contributed by atoms with Gasteiger partial charge in [0.25, 0.3) is 0 Å². The first-order valence-electron chi connectivity index (χ1n) is 11.7. The van der Waals surface area contributed by atoms with Gasteiger partial charge in [0.05, 0.1) is 38.9 Å². The standard InChI is InChI=1S/C28H29FN4O3/c1-6-32(7-2)17-20-16-31-28-23(15-30)22(14-24(33(20)28)18-8-10-19(29)11-9-18)21-12-13-25(34-3)27(36-5)26(21)35-4/h8-14,16H,6-7,17H2,1-5H3. The van der Waals surface area contributed by atoms with Crippen molar-refractivity contribution in [3.05, 3.63) is 65.7 Å². The quantitative estimate of drug-likeness (QED) is 0.308. The van der Waals surface area contributed by atoms with E-state index in [4.69, 9.17) is 14.2 Å². The highest BCUT2D eigenvalue weighted by atomic mass is 19.1.